The highest BCUT2D eigenvalue weighted by molar-refractivity contribution is 5.96. The second kappa shape index (κ2) is 9.73. The van der Waals surface area contributed by atoms with Crippen LogP contribution in [0.1, 0.15) is 46.0 Å². The van der Waals surface area contributed by atoms with E-state index in [0.717, 1.165) is 31.5 Å². The second-order valence-electron chi connectivity index (χ2n) is 6.94. The minimum atomic E-state index is -0.355. The normalized spacial score (nSPS) is 13.1. The zero-order chi connectivity index (χ0) is 20.6. The lowest BCUT2D eigenvalue weighted by atomic mass is 10.1. The van der Waals surface area contributed by atoms with Gasteiger partial charge in [0.15, 0.2) is 0 Å². The van der Waals surface area contributed by atoms with Gasteiger partial charge < -0.3 is 20.9 Å². The van der Waals surface area contributed by atoms with Crippen molar-refractivity contribution in [1.29, 1.82) is 0 Å². The Morgan fingerprint density at radius 1 is 0.931 bits per heavy atom. The van der Waals surface area contributed by atoms with Crippen LogP contribution < -0.4 is 16.0 Å². The number of nitrogens with one attached hydrogen (secondary N) is 3. The molecule has 7 nitrogen and oxygen atoms in total. The second-order valence-corrected chi connectivity index (χ2v) is 6.94. The number of hydrogen-bond donors (Lipinski definition) is 3. The molecule has 3 rings (SSSR count). The number of carbonyl (C=O) groups is 3. The van der Waals surface area contributed by atoms with Crippen molar-refractivity contribution < 1.29 is 14.4 Å². The average Bonchev–Trinajstić information content (AvgIpc) is 3.27. The summed E-state index contributed by atoms with van der Waals surface area (Å²) in [5, 5.41) is 8.25. The van der Waals surface area contributed by atoms with Crippen molar-refractivity contribution in [2.24, 2.45) is 0 Å². The van der Waals surface area contributed by atoms with Crippen LogP contribution in [0.5, 0.6) is 0 Å². The van der Waals surface area contributed by atoms with Gasteiger partial charge in [-0.25, -0.2) is 4.79 Å². The van der Waals surface area contributed by atoms with Crippen LogP contribution in [-0.4, -0.2) is 42.4 Å². The van der Waals surface area contributed by atoms with Gasteiger partial charge in [-0.3, -0.25) is 9.59 Å². The van der Waals surface area contributed by atoms with Gasteiger partial charge in [-0.2, -0.15) is 0 Å². The van der Waals surface area contributed by atoms with Gasteiger partial charge >= 0.3 is 6.03 Å². The molecule has 0 unspecified atom stereocenters. The zero-order valence-electron chi connectivity index (χ0n) is 16.5. The number of nitrogens with zero attached hydrogens (tertiary/aromatic N) is 1. The molecule has 1 fully saturated rings. The molecule has 0 aliphatic carbocycles. The molecule has 0 aromatic heterocycles. The summed E-state index contributed by atoms with van der Waals surface area (Å²) in [4.78, 5) is 38.3. The Bertz CT molecular complexity index is 874. The van der Waals surface area contributed by atoms with Crippen LogP contribution in [0.25, 0.3) is 0 Å². The molecular weight excluding hydrogens is 368 g/mol. The molecule has 0 atom stereocenters. The van der Waals surface area contributed by atoms with E-state index in [-0.39, 0.29) is 17.8 Å². The molecule has 152 valence electrons. The third-order valence-corrected chi connectivity index (χ3v) is 4.76. The Morgan fingerprint density at radius 2 is 1.66 bits per heavy atom. The van der Waals surface area contributed by atoms with Gasteiger partial charge in [0.2, 0.25) is 0 Å². The van der Waals surface area contributed by atoms with E-state index >= 15 is 0 Å². The lowest BCUT2D eigenvalue weighted by Gasteiger charge is -2.15. The minimum Gasteiger partial charge on any atom is -0.352 e. The number of hydrogen-bond acceptors (Lipinski definition) is 3. The summed E-state index contributed by atoms with van der Waals surface area (Å²) < 4.78 is 0. The van der Waals surface area contributed by atoms with Crippen LogP contribution in [0.15, 0.2) is 48.5 Å². The van der Waals surface area contributed by atoms with Gasteiger partial charge in [0.1, 0.15) is 0 Å². The predicted octanol–water partition coefficient (Wildman–Crippen LogP) is 2.99. The Kier molecular flexibility index (Phi) is 6.84. The number of benzene rings is 2. The highest BCUT2D eigenvalue weighted by Crippen LogP contribution is 2.14. The smallest absolute Gasteiger partial charge is 0.319 e. The molecule has 2 aromatic rings. The predicted molar refractivity (Wildman–Crippen MR) is 112 cm³/mol. The van der Waals surface area contributed by atoms with Gasteiger partial charge in [0.25, 0.3) is 11.8 Å². The highest BCUT2D eigenvalue weighted by Gasteiger charge is 2.19. The third kappa shape index (κ3) is 5.57. The summed E-state index contributed by atoms with van der Waals surface area (Å²) >= 11 is 0. The van der Waals surface area contributed by atoms with Gasteiger partial charge in [-0.1, -0.05) is 12.1 Å². The van der Waals surface area contributed by atoms with E-state index in [0.29, 0.717) is 29.9 Å². The Hall–Kier alpha value is -3.35. The molecule has 1 aliphatic rings. The first-order chi connectivity index (χ1) is 14.1. The van der Waals surface area contributed by atoms with Gasteiger partial charge in [-0.05, 0) is 61.7 Å². The number of urea groups is 1. The summed E-state index contributed by atoms with van der Waals surface area (Å²) in [5.74, 6) is -0.104. The summed E-state index contributed by atoms with van der Waals surface area (Å²) in [7, 11) is 0. The first-order valence-electron chi connectivity index (χ1n) is 9.88. The fourth-order valence-electron chi connectivity index (χ4n) is 3.24. The molecule has 0 radical (unpaired) electrons. The number of carbonyl (C=O) groups excluding carboxylic acids is 3. The van der Waals surface area contributed by atoms with Crippen molar-refractivity contribution in [1.82, 2.24) is 15.5 Å². The SMILES string of the molecule is CCNC(=O)c1ccc(NC(=O)NCc2cccc(C(=O)N3CCCC3)c2)cc1. The maximum Gasteiger partial charge on any atom is 0.319 e. The van der Waals surface area contributed by atoms with Crippen molar-refractivity contribution >= 4 is 23.5 Å². The Labute approximate surface area is 170 Å². The van der Waals surface area contributed by atoms with Crippen LogP contribution in [0.2, 0.25) is 0 Å². The maximum atomic E-state index is 12.5. The molecule has 0 spiro atoms. The van der Waals surface area contributed by atoms with Crippen LogP contribution in [0.4, 0.5) is 10.5 Å². The largest absolute Gasteiger partial charge is 0.352 e. The van der Waals surface area contributed by atoms with E-state index < -0.39 is 0 Å². The summed E-state index contributed by atoms with van der Waals surface area (Å²) in [6.45, 7) is 4.34. The number of anilines is 1. The van der Waals surface area contributed by atoms with Gasteiger partial charge in [0, 0.05) is 43.0 Å². The lowest BCUT2D eigenvalue weighted by Crippen LogP contribution is -2.29. The number of amides is 4. The maximum absolute atomic E-state index is 12.5. The van der Waals surface area contributed by atoms with Crippen LogP contribution >= 0.6 is 0 Å². The summed E-state index contributed by atoms with van der Waals surface area (Å²) in [6.07, 6.45) is 2.11. The molecule has 1 heterocycles. The van der Waals surface area contributed by atoms with E-state index in [1.54, 1.807) is 30.3 Å². The van der Waals surface area contributed by atoms with E-state index in [9.17, 15) is 14.4 Å². The van der Waals surface area contributed by atoms with Crippen LogP contribution in [0.3, 0.4) is 0 Å². The van der Waals surface area contributed by atoms with Gasteiger partial charge in [0.05, 0.1) is 0 Å². The summed E-state index contributed by atoms with van der Waals surface area (Å²) in [5.41, 5.74) is 2.63. The van der Waals surface area contributed by atoms with Crippen LogP contribution in [0, 0.1) is 0 Å². The third-order valence-electron chi connectivity index (χ3n) is 4.76. The summed E-state index contributed by atoms with van der Waals surface area (Å²) in [6, 6.07) is 13.7. The van der Waals surface area contributed by atoms with E-state index in [1.807, 2.05) is 30.0 Å². The van der Waals surface area contributed by atoms with Gasteiger partial charge in [-0.15, -0.1) is 0 Å². The first-order valence-corrected chi connectivity index (χ1v) is 9.88. The molecule has 1 saturated heterocycles. The quantitative estimate of drug-likeness (QED) is 0.703. The Balaban J connectivity index is 1.52. The standard InChI is InChI=1S/C22H26N4O3/c1-2-23-20(27)17-8-10-19(11-9-17)25-22(29)24-15-16-6-5-7-18(14-16)21(28)26-12-3-4-13-26/h5-11,14H,2-4,12-13,15H2,1H3,(H,23,27)(H2,24,25,29). The Morgan fingerprint density at radius 3 is 2.34 bits per heavy atom. The lowest BCUT2D eigenvalue weighted by molar-refractivity contribution is 0.0792. The van der Waals surface area contributed by atoms with Crippen molar-refractivity contribution in [3.05, 3.63) is 65.2 Å². The number of rotatable bonds is 6. The van der Waals surface area contributed by atoms with E-state index in [4.69, 9.17) is 0 Å². The van der Waals surface area contributed by atoms with Crippen molar-refractivity contribution in [2.45, 2.75) is 26.3 Å². The molecule has 1 aliphatic heterocycles. The highest BCUT2D eigenvalue weighted by atomic mass is 16.2. The van der Waals surface area contributed by atoms with Crippen molar-refractivity contribution in [2.75, 3.05) is 25.0 Å². The topological polar surface area (TPSA) is 90.5 Å². The minimum absolute atomic E-state index is 0.0426. The molecule has 3 N–H and O–H groups in total. The molecule has 29 heavy (non-hydrogen) atoms. The monoisotopic (exact) mass is 394 g/mol. The fourth-order valence-corrected chi connectivity index (χ4v) is 3.24. The molecule has 2 aromatic carbocycles. The molecular formula is C22H26N4O3. The molecule has 4 amide bonds. The zero-order valence-corrected chi connectivity index (χ0v) is 16.5. The number of likely N-dealkylation sites (tertiary alicyclic amines) is 1. The van der Waals surface area contributed by atoms with E-state index in [1.165, 1.54) is 0 Å². The molecule has 0 saturated carbocycles. The average molecular weight is 394 g/mol. The van der Waals surface area contributed by atoms with Crippen LogP contribution in [-0.2, 0) is 6.54 Å². The van der Waals surface area contributed by atoms with E-state index in [2.05, 4.69) is 16.0 Å². The molecule has 0 bridgehead atoms. The first kappa shape index (κ1) is 20.4. The molecule has 7 heteroatoms. The van der Waals surface area contributed by atoms with Crippen molar-refractivity contribution in [3.8, 4) is 0 Å². The van der Waals surface area contributed by atoms with Crippen molar-refractivity contribution in [3.63, 3.8) is 0 Å². The fraction of sp³-hybridized carbons (Fsp3) is 0.318.